The summed E-state index contributed by atoms with van der Waals surface area (Å²) in [5, 5.41) is 2.31. The highest BCUT2D eigenvalue weighted by Crippen LogP contribution is 2.38. The van der Waals surface area contributed by atoms with E-state index in [9.17, 15) is 0 Å². The third-order valence-corrected chi connectivity index (χ3v) is 5.86. The van der Waals surface area contributed by atoms with Crippen molar-refractivity contribution in [1.29, 1.82) is 0 Å². The van der Waals surface area contributed by atoms with Crippen LogP contribution in [0.5, 0.6) is 0 Å². The molecule has 1 heteroatoms. The van der Waals surface area contributed by atoms with Crippen LogP contribution < -0.4 is 0 Å². The lowest BCUT2D eigenvalue weighted by Gasteiger charge is -2.11. The predicted molar refractivity (Wildman–Crippen MR) is 130 cm³/mol. The Morgan fingerprint density at radius 3 is 1.61 bits per heavy atom. The molecule has 0 saturated heterocycles. The third-order valence-electron chi connectivity index (χ3n) is 5.86. The number of benzene rings is 5. The molecule has 0 amide bonds. The Labute approximate surface area is 181 Å². The molecule has 0 unspecified atom stereocenters. The summed E-state index contributed by atoms with van der Waals surface area (Å²) in [6.07, 6.45) is 0. The smallest absolute Gasteiger partial charge is 0.143 e. The number of furan rings is 1. The van der Waals surface area contributed by atoms with E-state index in [-0.39, 0.29) is 0 Å². The van der Waals surface area contributed by atoms with Crippen LogP contribution in [-0.2, 0) is 0 Å². The molecule has 31 heavy (non-hydrogen) atoms. The fourth-order valence-electron chi connectivity index (χ4n) is 4.35. The highest BCUT2D eigenvalue weighted by molar-refractivity contribution is 6.09. The fourth-order valence-corrected chi connectivity index (χ4v) is 4.35. The van der Waals surface area contributed by atoms with Crippen LogP contribution in [0, 0.1) is 0 Å². The van der Waals surface area contributed by atoms with Gasteiger partial charge in [0.05, 0.1) is 0 Å². The molecule has 0 atom stereocenters. The topological polar surface area (TPSA) is 13.1 Å². The largest absolute Gasteiger partial charge is 0.455 e. The van der Waals surface area contributed by atoms with E-state index >= 15 is 0 Å². The Bertz CT molecular complexity index is 1450. The van der Waals surface area contributed by atoms with Crippen molar-refractivity contribution in [2.75, 3.05) is 0 Å². The summed E-state index contributed by atoms with van der Waals surface area (Å²) >= 11 is 0. The van der Waals surface area contributed by atoms with Gasteiger partial charge in [-0.25, -0.2) is 0 Å². The Hall–Kier alpha value is -4.10. The van der Waals surface area contributed by atoms with Gasteiger partial charge in [-0.2, -0.15) is 0 Å². The van der Waals surface area contributed by atoms with Crippen molar-refractivity contribution in [1.82, 2.24) is 0 Å². The first-order valence-electron chi connectivity index (χ1n) is 10.5. The van der Waals surface area contributed by atoms with Crippen LogP contribution in [0.15, 0.2) is 126 Å². The first kappa shape index (κ1) is 17.7. The van der Waals surface area contributed by atoms with E-state index in [0.29, 0.717) is 0 Å². The normalized spacial score (nSPS) is 11.2. The van der Waals surface area contributed by atoms with E-state index in [1.54, 1.807) is 0 Å². The van der Waals surface area contributed by atoms with Crippen molar-refractivity contribution in [3.8, 4) is 33.4 Å². The third kappa shape index (κ3) is 3.12. The van der Waals surface area contributed by atoms with Crippen molar-refractivity contribution in [3.05, 3.63) is 121 Å². The molecule has 0 aliphatic carbocycles. The molecule has 0 spiro atoms. The van der Waals surface area contributed by atoms with Crippen LogP contribution in [0.2, 0.25) is 0 Å². The molecule has 0 bridgehead atoms. The van der Waals surface area contributed by atoms with Gasteiger partial charge >= 0.3 is 0 Å². The van der Waals surface area contributed by atoms with E-state index in [2.05, 4.69) is 109 Å². The van der Waals surface area contributed by atoms with Crippen molar-refractivity contribution < 1.29 is 4.42 Å². The lowest BCUT2D eigenvalue weighted by molar-refractivity contribution is 0.670. The molecule has 0 N–H and O–H groups in total. The minimum Gasteiger partial charge on any atom is -0.455 e. The van der Waals surface area contributed by atoms with Gasteiger partial charge < -0.3 is 4.42 Å². The predicted octanol–water partition coefficient (Wildman–Crippen LogP) is 8.59. The van der Waals surface area contributed by atoms with Gasteiger partial charge in [-0.1, -0.05) is 97.1 Å². The minimum absolute atomic E-state index is 0.924. The van der Waals surface area contributed by atoms with E-state index < -0.39 is 0 Å². The zero-order chi connectivity index (χ0) is 20.6. The second-order valence-corrected chi connectivity index (χ2v) is 7.81. The zero-order valence-corrected chi connectivity index (χ0v) is 17.0. The van der Waals surface area contributed by atoms with Gasteiger partial charge in [0, 0.05) is 16.3 Å². The van der Waals surface area contributed by atoms with Gasteiger partial charge in [0.1, 0.15) is 11.2 Å². The van der Waals surface area contributed by atoms with E-state index in [1.807, 2.05) is 12.1 Å². The van der Waals surface area contributed by atoms with Crippen LogP contribution in [0.3, 0.4) is 0 Å². The molecule has 1 nitrogen and oxygen atoms in total. The molecule has 0 radical (unpaired) electrons. The first-order chi connectivity index (χ1) is 15.4. The maximum atomic E-state index is 6.33. The summed E-state index contributed by atoms with van der Waals surface area (Å²) in [6, 6.07) is 42.6. The van der Waals surface area contributed by atoms with Gasteiger partial charge in [-0.3, -0.25) is 0 Å². The van der Waals surface area contributed by atoms with Crippen molar-refractivity contribution >= 4 is 21.9 Å². The molecular weight excluding hydrogens is 376 g/mol. The number of hydrogen-bond donors (Lipinski definition) is 0. The molecule has 5 aromatic carbocycles. The Morgan fingerprint density at radius 1 is 0.387 bits per heavy atom. The molecule has 0 fully saturated rings. The molecule has 1 aromatic heterocycles. The number of hydrogen-bond acceptors (Lipinski definition) is 1. The summed E-state index contributed by atoms with van der Waals surface area (Å²) in [7, 11) is 0. The highest BCUT2D eigenvalue weighted by atomic mass is 16.3. The number of para-hydroxylation sites is 2. The average Bonchev–Trinajstić information content (AvgIpc) is 3.24. The quantitative estimate of drug-likeness (QED) is 0.292. The maximum absolute atomic E-state index is 6.33. The molecule has 6 aromatic rings. The summed E-state index contributed by atoms with van der Waals surface area (Å²) in [4.78, 5) is 0. The fraction of sp³-hybridized carbons (Fsp3) is 0. The molecular formula is C30H20O. The second kappa shape index (κ2) is 7.30. The molecule has 0 aliphatic rings. The van der Waals surface area contributed by atoms with Crippen LogP contribution in [-0.4, -0.2) is 0 Å². The van der Waals surface area contributed by atoms with Crippen LogP contribution in [0.1, 0.15) is 0 Å². The Morgan fingerprint density at radius 2 is 0.935 bits per heavy atom. The van der Waals surface area contributed by atoms with Crippen LogP contribution >= 0.6 is 0 Å². The van der Waals surface area contributed by atoms with E-state index in [4.69, 9.17) is 4.42 Å². The summed E-state index contributed by atoms with van der Waals surface area (Å²) in [5.41, 5.74) is 8.95. The van der Waals surface area contributed by atoms with E-state index in [1.165, 1.54) is 22.3 Å². The zero-order valence-electron chi connectivity index (χ0n) is 17.0. The monoisotopic (exact) mass is 396 g/mol. The van der Waals surface area contributed by atoms with Gasteiger partial charge in [-0.05, 0) is 52.1 Å². The molecule has 146 valence electrons. The van der Waals surface area contributed by atoms with Gasteiger partial charge in [0.15, 0.2) is 0 Å². The highest BCUT2D eigenvalue weighted by Gasteiger charge is 2.14. The molecule has 6 rings (SSSR count). The lowest BCUT2D eigenvalue weighted by Crippen LogP contribution is -1.86. The molecule has 1 heterocycles. The molecule has 0 saturated carbocycles. The Balaban J connectivity index is 1.63. The maximum Gasteiger partial charge on any atom is 0.143 e. The Kier molecular flexibility index (Phi) is 4.18. The van der Waals surface area contributed by atoms with Crippen LogP contribution in [0.25, 0.3) is 55.3 Å². The van der Waals surface area contributed by atoms with Crippen molar-refractivity contribution in [2.45, 2.75) is 0 Å². The average molecular weight is 396 g/mol. The van der Waals surface area contributed by atoms with Gasteiger partial charge in [-0.15, -0.1) is 0 Å². The lowest BCUT2D eigenvalue weighted by atomic mass is 9.93. The second-order valence-electron chi connectivity index (χ2n) is 7.81. The number of fused-ring (bicyclic) bond motifs is 3. The van der Waals surface area contributed by atoms with Gasteiger partial charge in [0.25, 0.3) is 0 Å². The van der Waals surface area contributed by atoms with Gasteiger partial charge in [0.2, 0.25) is 0 Å². The van der Waals surface area contributed by atoms with Crippen molar-refractivity contribution in [2.24, 2.45) is 0 Å². The van der Waals surface area contributed by atoms with Crippen molar-refractivity contribution in [3.63, 3.8) is 0 Å². The van der Waals surface area contributed by atoms with Crippen LogP contribution in [0.4, 0.5) is 0 Å². The summed E-state index contributed by atoms with van der Waals surface area (Å²) in [5.74, 6) is 0. The minimum atomic E-state index is 0.924. The summed E-state index contributed by atoms with van der Waals surface area (Å²) in [6.45, 7) is 0. The van der Waals surface area contributed by atoms with E-state index in [0.717, 1.165) is 33.1 Å². The SMILES string of the molecule is c1ccc(-c2cc(-c3ccccc3)cc(-c3cccc4c3oc3ccccc34)c2)cc1. The standard InChI is InChI=1S/C30H20O/c1-3-10-21(11-4-1)23-18-24(22-12-5-2-6-13-22)20-25(19-23)26-15-9-16-28-27-14-7-8-17-29(27)31-30(26)28/h1-20H. The molecule has 0 aliphatic heterocycles. The number of rotatable bonds is 3. The first-order valence-corrected chi connectivity index (χ1v) is 10.5. The summed E-state index contributed by atoms with van der Waals surface area (Å²) < 4.78 is 6.33.